The summed E-state index contributed by atoms with van der Waals surface area (Å²) in [5.74, 6) is 1.16. The number of H-pyrrole nitrogens is 2. The first kappa shape index (κ1) is 83.9. The number of rotatable bonds is 21. The van der Waals surface area contributed by atoms with Crippen LogP contribution in [0.15, 0.2) is 117 Å². The second kappa shape index (κ2) is 39.5. The van der Waals surface area contributed by atoms with Crippen LogP contribution in [0.3, 0.4) is 0 Å². The van der Waals surface area contributed by atoms with Crippen LogP contribution in [0.5, 0.6) is 11.5 Å². The zero-order chi connectivity index (χ0) is 70.6. The summed E-state index contributed by atoms with van der Waals surface area (Å²) < 4.78 is 70.9. The Kier molecular flexibility index (Phi) is 33.8. The molecule has 0 saturated heterocycles. The van der Waals surface area contributed by atoms with Crippen LogP contribution in [-0.4, -0.2) is 108 Å². The Morgan fingerprint density at radius 2 is 1.08 bits per heavy atom. The Morgan fingerprint density at radius 3 is 1.45 bits per heavy atom. The number of halogens is 3. The van der Waals surface area contributed by atoms with Crippen LogP contribution in [0.1, 0.15) is 85.2 Å². The number of carbonyl (C=O) groups is 1. The number of fused-ring (bicyclic) bond motifs is 2. The molecule has 0 unspecified atom stereocenters. The molecule has 0 radical (unpaired) electrons. The van der Waals surface area contributed by atoms with E-state index in [0.29, 0.717) is 116 Å². The van der Waals surface area contributed by atoms with Crippen LogP contribution in [-0.2, 0) is 68.8 Å². The molecule has 35 heteroatoms. The summed E-state index contributed by atoms with van der Waals surface area (Å²) in [5, 5.41) is 52.2. The fourth-order valence-corrected chi connectivity index (χ4v) is 12.0. The second-order valence-corrected chi connectivity index (χ2v) is 26.0. The van der Waals surface area contributed by atoms with Crippen molar-refractivity contribution in [3.05, 3.63) is 151 Å². The van der Waals surface area contributed by atoms with Gasteiger partial charge in [0, 0.05) is 67.3 Å². The van der Waals surface area contributed by atoms with Crippen LogP contribution in [0, 0.1) is 34.0 Å². The molecule has 0 saturated carbocycles. The van der Waals surface area contributed by atoms with Gasteiger partial charge < -0.3 is 36.7 Å². The Balaban J connectivity index is 0.000000395. The Morgan fingerprint density at radius 1 is 0.673 bits per heavy atom. The quantitative estimate of drug-likeness (QED) is 0.0264. The fourth-order valence-electron chi connectivity index (χ4n) is 9.54. The number of nitrogens with one attached hydrogen (secondary N) is 3. The van der Waals surface area contributed by atoms with E-state index in [1.807, 2.05) is 58.2 Å². The molecule has 6 aromatic heterocycles. The molecule has 2 atom stereocenters. The third-order valence-corrected chi connectivity index (χ3v) is 17.1. The van der Waals surface area contributed by atoms with Gasteiger partial charge >= 0.3 is 103 Å². The molecule has 0 aliphatic heterocycles. The maximum Gasteiger partial charge on any atom is 1.00 e. The van der Waals surface area contributed by atoms with E-state index in [2.05, 4.69) is 45.0 Å². The van der Waals surface area contributed by atoms with Gasteiger partial charge in [-0.3, -0.25) is 33.1 Å². The second-order valence-electron chi connectivity index (χ2n) is 20.9. The van der Waals surface area contributed by atoms with Crippen molar-refractivity contribution in [1.82, 2.24) is 63.8 Å². The van der Waals surface area contributed by atoms with Gasteiger partial charge in [-0.2, -0.15) is 36.2 Å². The number of nitrogens with zero attached hydrogens (tertiary/aromatic N) is 13. The Hall–Kier alpha value is -6.54. The summed E-state index contributed by atoms with van der Waals surface area (Å²) >= 11 is 12.2. The molecule has 4 aromatic carbocycles. The van der Waals surface area contributed by atoms with Gasteiger partial charge in [-0.25, -0.2) is 31.5 Å². The standard InChI is InChI=1S/C30H31ClN8O4S.C17H19ClN4O4S.C13H13ClN4.C2H3N.CH2O3.2K.H/c1-5-7-25-27-28(38(4)35-25)30(40)34-29(33-27)22-15-21(10-11-26(22)43-6-2)44(41,42)37-18(3)17-39-13-12-24(36-39)19-8-9-20(16-32)23(31)14-19;1-4-6-12-14-15(22(3)21-12)17(23)20-16(19-14)11-9-10(27(18,24)25)7-8-13(11)26-5-2;1-9(16)8-18-5-4-13(17-18)10-2-3-11(7-15)12(14)6-10;1-2-3;2-1-4-3;;;/h8-15,18,37H,5-7,17H2,1-4H3,(H,33,34,40);7-9H,4-6H2,1-3H3,(H,19,20,23);2-6,9H,8,16H2,1H3;1H3;1,3H;;;/q;;;;;2*+1;-1/p-1/t18-;;9-;;;;;/m0.0...../s1. The van der Waals surface area contributed by atoms with Crippen molar-refractivity contribution in [2.24, 2.45) is 19.8 Å². The van der Waals surface area contributed by atoms with E-state index in [1.165, 1.54) is 46.6 Å². The summed E-state index contributed by atoms with van der Waals surface area (Å²) in [6.07, 6.45) is 6.60. The van der Waals surface area contributed by atoms with E-state index in [-0.39, 0.29) is 156 Å². The molecule has 5 N–H and O–H groups in total. The SMILES string of the molecule is CC#N.CCCc1nn(C)c2c(=O)[nH]c(-c3cc(S(=O)(=O)Cl)ccc3OCC)nc12.CCCc1nn(C)c2c(=O)[nH]c(-c3cc(S(=O)(=O)N[C@@H](C)Cn4ccc(-c5ccc(C#N)c(Cl)c5)n4)ccc3OCC)nc12.C[C@H](N)Cn1ccc(-c2ccc(C#N)c(Cl)c2)n1.O=CO[O-].[H-].[K+].[K+]. The predicted octanol–water partition coefficient (Wildman–Crippen LogP) is 2.54. The molecule has 0 fully saturated rings. The first-order chi connectivity index (χ1) is 45.7. The van der Waals surface area contributed by atoms with E-state index in [0.717, 1.165) is 29.7 Å². The largest absolute Gasteiger partial charge is 1.00 e. The van der Waals surface area contributed by atoms with Crippen LogP contribution < -0.4 is 139 Å². The van der Waals surface area contributed by atoms with Gasteiger partial charge in [0.25, 0.3) is 26.6 Å². The monoisotopic (exact) mass is 1490 g/mol. The van der Waals surface area contributed by atoms with E-state index in [4.69, 9.17) is 79.9 Å². The third kappa shape index (κ3) is 22.2. The smallest absolute Gasteiger partial charge is 1.00 e. The van der Waals surface area contributed by atoms with Crippen molar-refractivity contribution in [2.45, 2.75) is 109 Å². The van der Waals surface area contributed by atoms with Gasteiger partial charge in [-0.15, -0.1) is 0 Å². The average Bonchev–Trinajstić information content (AvgIpc) is 1.70. The van der Waals surface area contributed by atoms with Gasteiger partial charge in [0.15, 0.2) is 11.0 Å². The van der Waals surface area contributed by atoms with E-state index in [9.17, 15) is 26.4 Å². The van der Waals surface area contributed by atoms with Gasteiger partial charge in [0.05, 0.1) is 97.2 Å². The molecule has 506 valence electrons. The maximum absolute atomic E-state index is 13.5. The molecule has 10 aromatic rings. The molecular formula is C63H68Cl3K2N17O11S2. The Labute approximate surface area is 666 Å². The number of ether oxygens (including phenoxy) is 2. The molecule has 28 nitrogen and oxygen atoms in total. The number of hydrogen-bond acceptors (Lipinski definition) is 21. The molecule has 0 spiro atoms. The minimum absolute atomic E-state index is 0. The number of aromatic amines is 2. The van der Waals surface area contributed by atoms with Crippen molar-refractivity contribution >= 4 is 81.5 Å². The number of nitrogens with two attached hydrogens (primary N) is 1. The van der Waals surface area contributed by atoms with Crippen molar-refractivity contribution in [3.8, 4) is 75.0 Å². The number of nitriles is 3. The zero-order valence-electron chi connectivity index (χ0n) is 56.5. The number of carbonyl (C=O) groups excluding carboxylic acids is 1. The number of aryl methyl sites for hydroxylation is 4. The molecule has 0 bridgehead atoms. The average molecular weight is 1490 g/mol. The summed E-state index contributed by atoms with van der Waals surface area (Å²) in [7, 11) is 0.898. The Bertz CT molecular complexity index is 4910. The number of hydrogen-bond donors (Lipinski definition) is 4. The molecule has 6 heterocycles. The molecule has 0 amide bonds. The molecular weight excluding hydrogens is 1420 g/mol. The molecule has 0 aliphatic rings. The first-order valence-electron chi connectivity index (χ1n) is 29.4. The normalized spacial score (nSPS) is 11.3. The van der Waals surface area contributed by atoms with E-state index < -0.39 is 25.1 Å². The predicted molar refractivity (Wildman–Crippen MR) is 360 cm³/mol. The van der Waals surface area contributed by atoms with Crippen LogP contribution >= 0.6 is 33.9 Å². The van der Waals surface area contributed by atoms with Crippen LogP contribution in [0.4, 0.5) is 0 Å². The minimum Gasteiger partial charge on any atom is -1.00 e. The van der Waals surface area contributed by atoms with Crippen molar-refractivity contribution in [2.75, 3.05) is 13.2 Å². The zero-order valence-corrected chi connectivity index (χ0v) is 65.6. The summed E-state index contributed by atoms with van der Waals surface area (Å²) in [4.78, 5) is 51.5. The van der Waals surface area contributed by atoms with Gasteiger partial charge in [-0.1, -0.05) is 62.0 Å². The minimum atomic E-state index is -4.00. The van der Waals surface area contributed by atoms with Crippen LogP contribution in [0.2, 0.25) is 10.0 Å². The summed E-state index contributed by atoms with van der Waals surface area (Å²) in [6, 6.07) is 28.0. The summed E-state index contributed by atoms with van der Waals surface area (Å²) in [6.45, 7) is 14.2. The van der Waals surface area contributed by atoms with Gasteiger partial charge in [-0.05, 0) is 113 Å². The third-order valence-electron chi connectivity index (χ3n) is 13.5. The van der Waals surface area contributed by atoms with E-state index in [1.54, 1.807) is 92.0 Å². The van der Waals surface area contributed by atoms with Gasteiger partial charge in [0.2, 0.25) is 10.0 Å². The fraction of sp³-hybridized carbons (Fsp3) is 0.302. The molecule has 0 aliphatic carbocycles. The first-order valence-corrected chi connectivity index (χ1v) is 34.0. The number of sulfonamides is 1. The van der Waals surface area contributed by atoms with Gasteiger partial charge in [0.1, 0.15) is 46.3 Å². The van der Waals surface area contributed by atoms with Crippen molar-refractivity contribution < 1.29 is 145 Å². The molecule has 10 rings (SSSR count). The maximum atomic E-state index is 13.5. The van der Waals surface area contributed by atoms with Crippen molar-refractivity contribution in [1.29, 1.82) is 15.8 Å². The number of benzene rings is 4. The van der Waals surface area contributed by atoms with Crippen molar-refractivity contribution in [3.63, 3.8) is 0 Å². The molecule has 98 heavy (non-hydrogen) atoms. The summed E-state index contributed by atoms with van der Waals surface area (Å²) in [5.41, 5.74) is 12.6. The van der Waals surface area contributed by atoms with E-state index >= 15 is 0 Å². The topological polar surface area (TPSA) is 408 Å². The van der Waals surface area contributed by atoms with Crippen LogP contribution in [0.25, 0.3) is 67.4 Å². The number of aromatic nitrogens is 12.